The fourth-order valence-electron chi connectivity index (χ4n) is 3.02. The predicted octanol–water partition coefficient (Wildman–Crippen LogP) is 2.62. The molecular formula is C16H18N4O. The van der Waals surface area contributed by atoms with Crippen molar-refractivity contribution in [3.05, 3.63) is 42.0 Å². The number of hydrogen-bond donors (Lipinski definition) is 1. The summed E-state index contributed by atoms with van der Waals surface area (Å²) in [4.78, 5) is 9.24. The Morgan fingerprint density at radius 3 is 3.10 bits per heavy atom. The van der Waals surface area contributed by atoms with Crippen LogP contribution in [-0.4, -0.2) is 27.1 Å². The summed E-state index contributed by atoms with van der Waals surface area (Å²) in [5.74, 6) is 2.70. The highest BCUT2D eigenvalue weighted by molar-refractivity contribution is 5.73. The molecule has 1 fully saturated rings. The third kappa shape index (κ3) is 2.23. The maximum absolute atomic E-state index is 5.80. The molecule has 5 heteroatoms. The Hall–Kier alpha value is -2.14. The number of nitrogens with one attached hydrogen (secondary N) is 1. The third-order valence-corrected chi connectivity index (χ3v) is 4.02. The summed E-state index contributed by atoms with van der Waals surface area (Å²) in [6, 6.07) is 8.38. The topological polar surface area (TPSA) is 55.9 Å². The van der Waals surface area contributed by atoms with Crippen LogP contribution in [0.4, 0.5) is 0 Å². The third-order valence-electron chi connectivity index (χ3n) is 4.02. The van der Waals surface area contributed by atoms with Crippen LogP contribution in [0.1, 0.15) is 24.4 Å². The van der Waals surface area contributed by atoms with Crippen molar-refractivity contribution in [3.63, 3.8) is 0 Å². The van der Waals surface area contributed by atoms with Gasteiger partial charge in [-0.1, -0.05) is 0 Å². The maximum Gasteiger partial charge on any atom is 0.206 e. The van der Waals surface area contributed by atoms with Crippen LogP contribution in [0, 0.1) is 6.92 Å². The molecule has 108 valence electrons. The van der Waals surface area contributed by atoms with E-state index in [1.807, 2.05) is 35.8 Å². The minimum Gasteiger partial charge on any atom is -0.445 e. The largest absolute Gasteiger partial charge is 0.445 e. The summed E-state index contributed by atoms with van der Waals surface area (Å²) in [7, 11) is 0. The lowest BCUT2D eigenvalue weighted by Gasteiger charge is -2.10. The number of imidazole rings is 1. The van der Waals surface area contributed by atoms with Crippen LogP contribution in [0.3, 0.4) is 0 Å². The van der Waals surface area contributed by atoms with Crippen molar-refractivity contribution in [2.24, 2.45) is 0 Å². The van der Waals surface area contributed by atoms with E-state index in [0.717, 1.165) is 41.6 Å². The fourth-order valence-corrected chi connectivity index (χ4v) is 3.02. The van der Waals surface area contributed by atoms with Gasteiger partial charge in [-0.2, -0.15) is 0 Å². The van der Waals surface area contributed by atoms with Gasteiger partial charge < -0.3 is 9.73 Å². The monoisotopic (exact) mass is 282 g/mol. The molecule has 1 aliphatic heterocycles. The van der Waals surface area contributed by atoms with Crippen LogP contribution in [0.15, 0.2) is 34.9 Å². The molecule has 0 aliphatic carbocycles. The zero-order valence-electron chi connectivity index (χ0n) is 12.0. The molecule has 4 rings (SSSR count). The van der Waals surface area contributed by atoms with Crippen molar-refractivity contribution >= 4 is 11.2 Å². The highest BCUT2D eigenvalue weighted by Gasteiger charge is 2.21. The Kier molecular flexibility index (Phi) is 3.00. The molecule has 1 saturated heterocycles. The van der Waals surface area contributed by atoms with Crippen LogP contribution in [0.5, 0.6) is 0 Å². The second kappa shape index (κ2) is 5.00. The Bertz CT molecular complexity index is 768. The zero-order valence-corrected chi connectivity index (χ0v) is 12.0. The van der Waals surface area contributed by atoms with Gasteiger partial charge in [0.2, 0.25) is 5.88 Å². The normalized spacial score (nSPS) is 18.6. The van der Waals surface area contributed by atoms with Gasteiger partial charge in [0.1, 0.15) is 17.1 Å². The molecule has 1 N–H and O–H groups in total. The average Bonchev–Trinajstić information content (AvgIpc) is 3.18. The number of aromatic nitrogens is 3. The van der Waals surface area contributed by atoms with Crippen molar-refractivity contribution < 1.29 is 4.42 Å². The smallest absolute Gasteiger partial charge is 0.206 e. The van der Waals surface area contributed by atoms with Gasteiger partial charge in [-0.05, 0) is 44.5 Å². The van der Waals surface area contributed by atoms with Gasteiger partial charge >= 0.3 is 0 Å². The van der Waals surface area contributed by atoms with Crippen LogP contribution in [-0.2, 0) is 6.42 Å². The quantitative estimate of drug-likeness (QED) is 0.802. The summed E-state index contributed by atoms with van der Waals surface area (Å²) >= 11 is 0. The Balaban J connectivity index is 1.84. The predicted molar refractivity (Wildman–Crippen MR) is 80.6 cm³/mol. The van der Waals surface area contributed by atoms with Gasteiger partial charge in [-0.15, -0.1) is 0 Å². The van der Waals surface area contributed by atoms with Gasteiger partial charge in [0.05, 0.1) is 0 Å². The van der Waals surface area contributed by atoms with Gasteiger partial charge in [0, 0.05) is 24.7 Å². The van der Waals surface area contributed by atoms with Gasteiger partial charge in [0.25, 0.3) is 0 Å². The molecule has 5 nitrogen and oxygen atoms in total. The lowest BCUT2D eigenvalue weighted by Crippen LogP contribution is -2.25. The molecule has 0 aromatic carbocycles. The van der Waals surface area contributed by atoms with E-state index >= 15 is 0 Å². The Labute approximate surface area is 123 Å². The minimum absolute atomic E-state index is 0.497. The van der Waals surface area contributed by atoms with Gasteiger partial charge in [-0.25, -0.2) is 14.5 Å². The molecule has 0 bridgehead atoms. The van der Waals surface area contributed by atoms with Crippen LogP contribution in [0.25, 0.3) is 17.0 Å². The standard InChI is InChI=1S/C16H18N4O/c1-11-6-7-15(21-11)20-14(10-12-4-2-8-17-12)19-13-5-3-9-18-16(13)20/h3,5-7,9,12,17H,2,4,8,10H2,1H3. The van der Waals surface area contributed by atoms with Crippen molar-refractivity contribution in [1.82, 2.24) is 19.9 Å². The van der Waals surface area contributed by atoms with Crippen LogP contribution in [0.2, 0.25) is 0 Å². The molecular weight excluding hydrogens is 264 g/mol. The highest BCUT2D eigenvalue weighted by atomic mass is 16.4. The second-order valence-corrected chi connectivity index (χ2v) is 5.59. The van der Waals surface area contributed by atoms with Gasteiger partial charge in [0.15, 0.2) is 5.65 Å². The second-order valence-electron chi connectivity index (χ2n) is 5.59. The van der Waals surface area contributed by atoms with E-state index in [1.165, 1.54) is 12.8 Å². The molecule has 0 amide bonds. The summed E-state index contributed by atoms with van der Waals surface area (Å²) in [5, 5.41) is 3.53. The molecule has 1 aliphatic rings. The zero-order chi connectivity index (χ0) is 14.2. The molecule has 3 aromatic rings. The van der Waals surface area contributed by atoms with Crippen LogP contribution >= 0.6 is 0 Å². The maximum atomic E-state index is 5.80. The molecule has 3 aromatic heterocycles. The van der Waals surface area contributed by atoms with E-state index in [0.29, 0.717) is 6.04 Å². The van der Waals surface area contributed by atoms with Crippen molar-refractivity contribution in [3.8, 4) is 5.88 Å². The summed E-state index contributed by atoms with van der Waals surface area (Å²) in [6.45, 7) is 3.05. The van der Waals surface area contributed by atoms with E-state index in [4.69, 9.17) is 9.40 Å². The SMILES string of the molecule is Cc1ccc(-n2c(CC3CCCN3)nc3cccnc32)o1. The summed E-state index contributed by atoms with van der Waals surface area (Å²) in [5.41, 5.74) is 1.78. The molecule has 1 atom stereocenters. The first-order chi connectivity index (χ1) is 10.3. The first-order valence-corrected chi connectivity index (χ1v) is 7.44. The van der Waals surface area contributed by atoms with Crippen molar-refractivity contribution in [2.45, 2.75) is 32.2 Å². The average molecular weight is 282 g/mol. The first kappa shape index (κ1) is 12.6. The molecule has 21 heavy (non-hydrogen) atoms. The minimum atomic E-state index is 0.497. The number of hydrogen-bond acceptors (Lipinski definition) is 4. The number of nitrogens with zero attached hydrogens (tertiary/aromatic N) is 3. The summed E-state index contributed by atoms with van der Waals surface area (Å²) < 4.78 is 7.85. The van der Waals surface area contributed by atoms with E-state index in [1.54, 1.807) is 6.20 Å². The van der Waals surface area contributed by atoms with E-state index < -0.39 is 0 Å². The Morgan fingerprint density at radius 2 is 2.33 bits per heavy atom. The van der Waals surface area contributed by atoms with E-state index in [9.17, 15) is 0 Å². The molecule has 0 saturated carbocycles. The van der Waals surface area contributed by atoms with Crippen LogP contribution < -0.4 is 5.32 Å². The fraction of sp³-hybridized carbons (Fsp3) is 0.375. The number of fused-ring (bicyclic) bond motifs is 1. The molecule has 0 spiro atoms. The number of furan rings is 1. The first-order valence-electron chi connectivity index (χ1n) is 7.44. The van der Waals surface area contributed by atoms with Gasteiger partial charge in [-0.3, -0.25) is 0 Å². The van der Waals surface area contributed by atoms with Crippen molar-refractivity contribution in [2.75, 3.05) is 6.54 Å². The molecule has 0 radical (unpaired) electrons. The molecule has 4 heterocycles. The number of pyridine rings is 1. The highest BCUT2D eigenvalue weighted by Crippen LogP contribution is 2.23. The summed E-state index contributed by atoms with van der Waals surface area (Å²) in [6.07, 6.45) is 5.14. The lowest BCUT2D eigenvalue weighted by molar-refractivity contribution is 0.500. The van der Waals surface area contributed by atoms with E-state index in [2.05, 4.69) is 10.3 Å². The van der Waals surface area contributed by atoms with E-state index in [-0.39, 0.29) is 0 Å². The Morgan fingerprint density at radius 1 is 1.38 bits per heavy atom. The lowest BCUT2D eigenvalue weighted by atomic mass is 10.1. The number of rotatable bonds is 3. The number of aryl methyl sites for hydroxylation is 1. The van der Waals surface area contributed by atoms with Crippen molar-refractivity contribution in [1.29, 1.82) is 0 Å². The molecule has 1 unspecified atom stereocenters.